The first-order valence-electron chi connectivity index (χ1n) is 14.4. The van der Waals surface area contributed by atoms with Crippen LogP contribution in [0.1, 0.15) is 55.7 Å². The molecule has 3 aromatic carbocycles. The van der Waals surface area contributed by atoms with Crippen molar-refractivity contribution in [3.63, 3.8) is 0 Å². The van der Waals surface area contributed by atoms with E-state index in [1.807, 2.05) is 25.1 Å². The van der Waals surface area contributed by atoms with Crippen LogP contribution in [0.2, 0.25) is 5.02 Å². The maximum Gasteiger partial charge on any atom is 0.417 e. The van der Waals surface area contributed by atoms with E-state index < -0.39 is 51.0 Å². The van der Waals surface area contributed by atoms with Crippen LogP contribution in [0, 0.1) is 6.92 Å². The number of aryl methyl sites for hydroxylation is 1. The van der Waals surface area contributed by atoms with Gasteiger partial charge in [-0.2, -0.15) is 13.2 Å². The van der Waals surface area contributed by atoms with Gasteiger partial charge >= 0.3 is 6.18 Å². The van der Waals surface area contributed by atoms with E-state index in [-0.39, 0.29) is 29.8 Å². The lowest BCUT2D eigenvalue weighted by atomic mass is 10.1. The zero-order valence-corrected chi connectivity index (χ0v) is 26.1. The zero-order chi connectivity index (χ0) is 32.1. The number of sulfonamides is 1. The van der Waals surface area contributed by atoms with Gasteiger partial charge in [0.05, 0.1) is 21.2 Å². The van der Waals surface area contributed by atoms with Crippen LogP contribution in [0.25, 0.3) is 0 Å². The highest BCUT2D eigenvalue weighted by Gasteiger charge is 2.37. The SMILES string of the molecule is CC[C@H](C(=O)NC1CCCC1)N(Cc1ccccc1C)C(=O)CN(c1ccc(Cl)c(C(F)(F)F)c1)S(=O)(=O)c1ccccc1. The van der Waals surface area contributed by atoms with E-state index in [1.54, 1.807) is 19.1 Å². The van der Waals surface area contributed by atoms with E-state index in [4.69, 9.17) is 11.6 Å². The summed E-state index contributed by atoms with van der Waals surface area (Å²) in [6.45, 7) is 2.76. The second-order valence-electron chi connectivity index (χ2n) is 10.8. The second-order valence-corrected chi connectivity index (χ2v) is 13.1. The Kier molecular flexibility index (Phi) is 10.6. The summed E-state index contributed by atoms with van der Waals surface area (Å²) in [6.07, 6.45) is -1.01. The smallest absolute Gasteiger partial charge is 0.352 e. The molecule has 4 rings (SSSR count). The molecule has 1 fully saturated rings. The predicted molar refractivity (Wildman–Crippen MR) is 164 cm³/mol. The van der Waals surface area contributed by atoms with Crippen molar-refractivity contribution in [1.29, 1.82) is 0 Å². The molecule has 0 spiro atoms. The molecule has 3 aromatic rings. The van der Waals surface area contributed by atoms with Crippen LogP contribution < -0.4 is 9.62 Å². The number of nitrogens with zero attached hydrogens (tertiary/aromatic N) is 2. The van der Waals surface area contributed by atoms with Crippen molar-refractivity contribution >= 4 is 39.1 Å². The number of rotatable bonds is 11. The number of anilines is 1. The van der Waals surface area contributed by atoms with Gasteiger partial charge in [-0.1, -0.05) is 73.8 Å². The molecular weight excluding hydrogens is 615 g/mol. The van der Waals surface area contributed by atoms with Crippen LogP contribution in [-0.4, -0.2) is 43.8 Å². The minimum absolute atomic E-state index is 0.00422. The Morgan fingerprint density at radius 1 is 1.00 bits per heavy atom. The van der Waals surface area contributed by atoms with Crippen LogP contribution in [0.5, 0.6) is 0 Å². The molecule has 0 unspecified atom stereocenters. The van der Waals surface area contributed by atoms with Crippen molar-refractivity contribution in [1.82, 2.24) is 10.2 Å². The largest absolute Gasteiger partial charge is 0.417 e. The number of carbonyl (C=O) groups is 2. The molecule has 1 aliphatic rings. The molecule has 1 atom stereocenters. The molecule has 1 N–H and O–H groups in total. The van der Waals surface area contributed by atoms with E-state index >= 15 is 0 Å². The van der Waals surface area contributed by atoms with E-state index in [2.05, 4.69) is 5.32 Å². The Balaban J connectivity index is 1.78. The molecule has 0 bridgehead atoms. The number of halogens is 4. The normalized spacial score (nSPS) is 14.7. The highest BCUT2D eigenvalue weighted by molar-refractivity contribution is 7.92. The average molecular weight is 650 g/mol. The lowest BCUT2D eigenvalue weighted by Crippen LogP contribution is -2.53. The average Bonchev–Trinajstić information content (AvgIpc) is 3.50. The summed E-state index contributed by atoms with van der Waals surface area (Å²) in [7, 11) is -4.54. The van der Waals surface area contributed by atoms with Gasteiger partial charge in [-0.25, -0.2) is 8.42 Å². The predicted octanol–water partition coefficient (Wildman–Crippen LogP) is 6.73. The topological polar surface area (TPSA) is 86.8 Å². The summed E-state index contributed by atoms with van der Waals surface area (Å²) in [5.74, 6) is -1.10. The molecule has 12 heteroatoms. The van der Waals surface area contributed by atoms with Gasteiger partial charge in [-0.3, -0.25) is 13.9 Å². The van der Waals surface area contributed by atoms with Gasteiger partial charge in [-0.15, -0.1) is 0 Å². The van der Waals surface area contributed by atoms with E-state index in [9.17, 15) is 31.2 Å². The lowest BCUT2D eigenvalue weighted by Gasteiger charge is -2.34. The Hall–Kier alpha value is -3.57. The van der Waals surface area contributed by atoms with Crippen LogP contribution >= 0.6 is 11.6 Å². The summed E-state index contributed by atoms with van der Waals surface area (Å²) < 4.78 is 69.9. The Bertz CT molecular complexity index is 1580. The third kappa shape index (κ3) is 7.74. The van der Waals surface area contributed by atoms with Crippen molar-refractivity contribution in [2.45, 2.75) is 75.7 Å². The molecule has 44 heavy (non-hydrogen) atoms. The highest BCUT2D eigenvalue weighted by atomic mass is 35.5. The maximum atomic E-state index is 14.2. The Morgan fingerprint density at radius 3 is 2.25 bits per heavy atom. The van der Waals surface area contributed by atoms with Crippen LogP contribution in [-0.2, 0) is 32.3 Å². The quantitative estimate of drug-likeness (QED) is 0.250. The Morgan fingerprint density at radius 2 is 1.64 bits per heavy atom. The van der Waals surface area contributed by atoms with E-state index in [0.717, 1.165) is 48.9 Å². The molecule has 1 saturated carbocycles. The number of amides is 2. The molecule has 7 nitrogen and oxygen atoms in total. The minimum atomic E-state index is -4.87. The van der Waals surface area contributed by atoms with Crippen molar-refractivity contribution < 1.29 is 31.2 Å². The lowest BCUT2D eigenvalue weighted by molar-refractivity contribution is -0.140. The number of carbonyl (C=O) groups excluding carboxylic acids is 2. The van der Waals surface area contributed by atoms with Crippen LogP contribution in [0.3, 0.4) is 0 Å². The van der Waals surface area contributed by atoms with Crippen molar-refractivity contribution in [3.8, 4) is 0 Å². The van der Waals surface area contributed by atoms with Crippen LogP contribution in [0.4, 0.5) is 18.9 Å². The fourth-order valence-corrected chi connectivity index (χ4v) is 7.04. The van der Waals surface area contributed by atoms with E-state index in [1.165, 1.54) is 29.2 Å². The van der Waals surface area contributed by atoms with Crippen LogP contribution in [0.15, 0.2) is 77.7 Å². The molecule has 1 aliphatic carbocycles. The van der Waals surface area contributed by atoms with Gasteiger partial charge < -0.3 is 10.2 Å². The molecular formula is C32H35ClF3N3O4S. The first-order chi connectivity index (χ1) is 20.8. The van der Waals surface area contributed by atoms with Crippen molar-refractivity contribution in [2.75, 3.05) is 10.8 Å². The maximum absolute atomic E-state index is 14.2. The molecule has 0 heterocycles. The van der Waals surface area contributed by atoms with Gasteiger partial charge in [0.25, 0.3) is 10.0 Å². The number of hydrogen-bond donors (Lipinski definition) is 1. The number of nitrogens with one attached hydrogen (secondary N) is 1. The number of hydrogen-bond acceptors (Lipinski definition) is 4. The Labute approximate surface area is 261 Å². The summed E-state index contributed by atoms with van der Waals surface area (Å²) in [5.41, 5.74) is -0.0244. The fraction of sp³-hybridized carbons (Fsp3) is 0.375. The molecule has 0 radical (unpaired) electrons. The summed E-state index contributed by atoms with van der Waals surface area (Å²) in [6, 6.07) is 16.2. The number of alkyl halides is 3. The van der Waals surface area contributed by atoms with Gasteiger partial charge in [0.15, 0.2) is 0 Å². The highest BCUT2D eigenvalue weighted by Crippen LogP contribution is 2.38. The number of benzene rings is 3. The molecule has 0 aliphatic heterocycles. The first kappa shape index (κ1) is 33.3. The minimum Gasteiger partial charge on any atom is -0.352 e. The van der Waals surface area contributed by atoms with Crippen molar-refractivity contribution in [3.05, 3.63) is 94.5 Å². The first-order valence-corrected chi connectivity index (χ1v) is 16.2. The molecule has 2 amide bonds. The second kappa shape index (κ2) is 14.0. The fourth-order valence-electron chi connectivity index (χ4n) is 5.39. The summed E-state index contributed by atoms with van der Waals surface area (Å²) >= 11 is 5.84. The van der Waals surface area contributed by atoms with Crippen molar-refractivity contribution in [2.24, 2.45) is 0 Å². The molecule has 0 saturated heterocycles. The molecule has 0 aromatic heterocycles. The third-order valence-corrected chi connectivity index (χ3v) is 9.96. The summed E-state index contributed by atoms with van der Waals surface area (Å²) in [5, 5.41) is 2.42. The van der Waals surface area contributed by atoms with Gasteiger partial charge in [0.2, 0.25) is 11.8 Å². The van der Waals surface area contributed by atoms with Gasteiger partial charge in [0, 0.05) is 12.6 Å². The third-order valence-electron chi connectivity index (χ3n) is 7.84. The molecule has 236 valence electrons. The van der Waals surface area contributed by atoms with Gasteiger partial charge in [-0.05, 0) is 67.6 Å². The zero-order valence-electron chi connectivity index (χ0n) is 24.5. The van der Waals surface area contributed by atoms with E-state index in [0.29, 0.717) is 10.4 Å². The standard InChI is InChI=1S/C32H35ClF3N3O4S/c1-3-29(31(41)37-24-13-9-10-14-24)38(20-23-12-8-7-11-22(23)2)30(40)21-39(44(42,43)26-15-5-4-6-16-26)25-17-18-28(33)27(19-25)32(34,35)36/h4-8,11-12,15-19,24,29H,3,9-10,13-14,20-21H2,1-2H3,(H,37,41)/t29-/m1/s1. The monoisotopic (exact) mass is 649 g/mol. The van der Waals surface area contributed by atoms with Gasteiger partial charge in [0.1, 0.15) is 12.6 Å². The summed E-state index contributed by atoms with van der Waals surface area (Å²) in [4.78, 5) is 28.8.